The lowest BCUT2D eigenvalue weighted by Crippen LogP contribution is -2.48. The summed E-state index contributed by atoms with van der Waals surface area (Å²) in [5, 5.41) is 10.2. The van der Waals surface area contributed by atoms with Gasteiger partial charge in [-0.3, -0.25) is 4.79 Å². The van der Waals surface area contributed by atoms with Crippen molar-refractivity contribution in [3.63, 3.8) is 0 Å². The first kappa shape index (κ1) is 16.9. The number of amides is 1. The van der Waals surface area contributed by atoms with E-state index >= 15 is 0 Å². The van der Waals surface area contributed by atoms with Crippen molar-refractivity contribution in [3.8, 4) is 0 Å². The molecule has 3 atom stereocenters. The van der Waals surface area contributed by atoms with Crippen LogP contribution < -0.4 is 0 Å². The lowest BCUT2D eigenvalue weighted by Gasteiger charge is -2.32. The number of halogens is 3. The molecule has 0 saturated carbocycles. The highest BCUT2D eigenvalue weighted by molar-refractivity contribution is 5.78. The summed E-state index contributed by atoms with van der Waals surface area (Å²) in [5.41, 5.74) is -3.31. The van der Waals surface area contributed by atoms with Crippen molar-refractivity contribution in [2.75, 3.05) is 0 Å². The van der Waals surface area contributed by atoms with E-state index in [-0.39, 0.29) is 17.8 Å². The van der Waals surface area contributed by atoms with Crippen LogP contribution in [-0.4, -0.2) is 34.2 Å². The number of carbonyl (C=O) groups excluding carboxylic acids is 1. The van der Waals surface area contributed by atoms with Gasteiger partial charge in [0.25, 0.3) is 0 Å². The van der Waals surface area contributed by atoms with Crippen LogP contribution >= 0.6 is 0 Å². The first-order chi connectivity index (χ1) is 10.1. The van der Waals surface area contributed by atoms with Gasteiger partial charge in [-0.15, -0.1) is 0 Å². The summed E-state index contributed by atoms with van der Waals surface area (Å²) in [4.78, 5) is 13.8. The number of alkyl halides is 3. The van der Waals surface area contributed by atoms with Crippen LogP contribution in [0.25, 0.3) is 0 Å². The highest BCUT2D eigenvalue weighted by atomic mass is 19.4. The largest absolute Gasteiger partial charge is 0.463 e. The van der Waals surface area contributed by atoms with E-state index in [4.69, 9.17) is 4.42 Å². The minimum Gasteiger partial charge on any atom is -0.463 e. The zero-order valence-electron chi connectivity index (χ0n) is 12.8. The predicted octanol–water partition coefficient (Wildman–Crippen LogP) is 3.13. The second-order valence-corrected chi connectivity index (χ2v) is 6.02. The van der Waals surface area contributed by atoms with Gasteiger partial charge < -0.3 is 14.4 Å². The summed E-state index contributed by atoms with van der Waals surface area (Å²) in [6.45, 7) is 5.07. The summed E-state index contributed by atoms with van der Waals surface area (Å²) in [6.07, 6.45) is -4.58. The van der Waals surface area contributed by atoms with E-state index < -0.39 is 29.9 Å². The third-order valence-corrected chi connectivity index (χ3v) is 4.26. The van der Waals surface area contributed by atoms with Crippen molar-refractivity contribution in [3.05, 3.63) is 23.7 Å². The monoisotopic (exact) mass is 319 g/mol. The maximum absolute atomic E-state index is 13.4. The summed E-state index contributed by atoms with van der Waals surface area (Å²) < 4.78 is 45.0. The third-order valence-electron chi connectivity index (χ3n) is 4.26. The normalized spacial score (nSPS) is 25.3. The number of carbonyl (C=O) groups is 1. The molecular weight excluding hydrogens is 299 g/mol. The molecule has 1 aliphatic heterocycles. The second-order valence-electron chi connectivity index (χ2n) is 6.02. The first-order valence-electron chi connectivity index (χ1n) is 7.23. The Morgan fingerprint density at radius 1 is 1.32 bits per heavy atom. The molecule has 0 radical (unpaired) electrons. The molecule has 124 valence electrons. The highest BCUT2D eigenvalue weighted by Gasteiger charge is 2.59. The molecule has 4 nitrogen and oxygen atoms in total. The number of hydrogen-bond donors (Lipinski definition) is 1. The molecule has 1 aliphatic rings. The van der Waals surface area contributed by atoms with Crippen LogP contribution in [0.1, 0.15) is 44.6 Å². The topological polar surface area (TPSA) is 53.7 Å². The fourth-order valence-corrected chi connectivity index (χ4v) is 2.98. The number of rotatable bonds is 3. The van der Waals surface area contributed by atoms with Gasteiger partial charge in [0.15, 0.2) is 0 Å². The summed E-state index contributed by atoms with van der Waals surface area (Å²) in [5.74, 6) is -1.12. The predicted molar refractivity (Wildman–Crippen MR) is 73.0 cm³/mol. The molecule has 3 unspecified atom stereocenters. The molecule has 22 heavy (non-hydrogen) atoms. The zero-order chi connectivity index (χ0) is 16.7. The molecule has 2 rings (SSSR count). The molecule has 1 aromatic rings. The van der Waals surface area contributed by atoms with Gasteiger partial charge in [-0.2, -0.15) is 13.2 Å². The highest BCUT2D eigenvalue weighted by Crippen LogP contribution is 2.43. The van der Waals surface area contributed by atoms with Gasteiger partial charge in [-0.1, -0.05) is 0 Å². The fourth-order valence-electron chi connectivity index (χ4n) is 2.98. The van der Waals surface area contributed by atoms with Crippen LogP contribution in [0.4, 0.5) is 13.2 Å². The Hall–Kier alpha value is -1.50. The summed E-state index contributed by atoms with van der Waals surface area (Å²) in [7, 11) is 0. The van der Waals surface area contributed by atoms with E-state index in [0.29, 0.717) is 0 Å². The maximum Gasteiger partial charge on any atom is 0.425 e. The van der Waals surface area contributed by atoms with E-state index in [0.717, 1.165) is 18.9 Å². The van der Waals surface area contributed by atoms with Crippen LogP contribution in [0.2, 0.25) is 0 Å². The molecule has 1 fully saturated rings. The van der Waals surface area contributed by atoms with Gasteiger partial charge >= 0.3 is 6.18 Å². The van der Waals surface area contributed by atoms with E-state index in [1.165, 1.54) is 17.9 Å². The van der Waals surface area contributed by atoms with Gasteiger partial charge in [-0.25, -0.2) is 0 Å². The molecule has 1 aromatic heterocycles. The lowest BCUT2D eigenvalue weighted by molar-refractivity contribution is -0.274. The van der Waals surface area contributed by atoms with E-state index in [1.807, 2.05) is 0 Å². The number of likely N-dealkylation sites (tertiary alicyclic amines) is 1. The maximum atomic E-state index is 13.4. The Bertz CT molecular complexity index is 544. The van der Waals surface area contributed by atoms with Crippen LogP contribution in [0.5, 0.6) is 0 Å². The van der Waals surface area contributed by atoms with Crippen LogP contribution in [0.3, 0.4) is 0 Å². The Kier molecular flexibility index (Phi) is 4.30. The Morgan fingerprint density at radius 3 is 2.27 bits per heavy atom. The molecular formula is C15H20F3NO3. The Balaban J connectivity index is 2.30. The van der Waals surface area contributed by atoms with E-state index in [2.05, 4.69) is 0 Å². The van der Waals surface area contributed by atoms with Crippen LogP contribution in [0, 0.1) is 6.92 Å². The van der Waals surface area contributed by atoms with Crippen LogP contribution in [-0.2, 0) is 10.4 Å². The molecule has 1 amide bonds. The lowest BCUT2D eigenvalue weighted by atomic mass is 9.94. The van der Waals surface area contributed by atoms with Crippen molar-refractivity contribution < 1.29 is 27.5 Å². The third kappa shape index (κ3) is 2.86. The smallest absolute Gasteiger partial charge is 0.425 e. The molecule has 0 bridgehead atoms. The zero-order valence-corrected chi connectivity index (χ0v) is 12.8. The molecule has 0 aromatic carbocycles. The minimum absolute atomic E-state index is 0.127. The Labute approximate surface area is 126 Å². The molecule has 2 heterocycles. The number of nitrogens with zero attached hydrogens (tertiary/aromatic N) is 1. The molecule has 7 heteroatoms. The van der Waals surface area contributed by atoms with E-state index in [1.54, 1.807) is 13.8 Å². The number of aliphatic hydroxyl groups is 1. The van der Waals surface area contributed by atoms with Gasteiger partial charge in [-0.05, 0) is 45.7 Å². The van der Waals surface area contributed by atoms with Crippen molar-refractivity contribution >= 4 is 5.91 Å². The number of aryl methyl sites for hydroxylation is 1. The molecule has 1 saturated heterocycles. The average Bonchev–Trinajstić information content (AvgIpc) is 2.94. The standard InChI is InChI=1S/C15H20F3NO3/c1-9-4-5-10(2)19(9)13(20)8-14(21,15(16,17)18)12-7-6-11(3)22-12/h6-7,9-10,21H,4-5,8H2,1-3H3. The van der Waals surface area contributed by atoms with Crippen molar-refractivity contribution in [1.29, 1.82) is 0 Å². The number of furan rings is 1. The van der Waals surface area contributed by atoms with Gasteiger partial charge in [0, 0.05) is 12.1 Å². The SMILES string of the molecule is Cc1ccc(C(O)(CC(=O)N2C(C)CCC2C)C(F)(F)F)o1. The quantitative estimate of drug-likeness (QED) is 0.931. The van der Waals surface area contributed by atoms with Gasteiger partial charge in [0.1, 0.15) is 11.5 Å². The second kappa shape index (κ2) is 5.61. The molecule has 0 aliphatic carbocycles. The summed E-state index contributed by atoms with van der Waals surface area (Å²) in [6, 6.07) is 2.14. The first-order valence-corrected chi connectivity index (χ1v) is 7.23. The van der Waals surface area contributed by atoms with Gasteiger partial charge in [0.2, 0.25) is 11.5 Å². The molecule has 1 N–H and O–H groups in total. The van der Waals surface area contributed by atoms with E-state index in [9.17, 15) is 23.1 Å². The van der Waals surface area contributed by atoms with Crippen LogP contribution in [0.15, 0.2) is 16.5 Å². The van der Waals surface area contributed by atoms with Gasteiger partial charge in [0.05, 0.1) is 6.42 Å². The minimum atomic E-state index is -5.00. The van der Waals surface area contributed by atoms with Crippen molar-refractivity contribution in [2.24, 2.45) is 0 Å². The Morgan fingerprint density at radius 2 is 1.86 bits per heavy atom. The average molecular weight is 319 g/mol. The molecule has 0 spiro atoms. The number of hydrogen-bond acceptors (Lipinski definition) is 3. The van der Waals surface area contributed by atoms with Crippen molar-refractivity contribution in [1.82, 2.24) is 4.90 Å². The van der Waals surface area contributed by atoms with Crippen molar-refractivity contribution in [2.45, 2.75) is 63.9 Å². The summed E-state index contributed by atoms with van der Waals surface area (Å²) >= 11 is 0. The fraction of sp³-hybridized carbons (Fsp3) is 0.667.